The molecule has 0 aliphatic heterocycles. The van der Waals surface area contributed by atoms with Gasteiger partial charge < -0.3 is 0 Å². The van der Waals surface area contributed by atoms with Crippen LogP contribution < -0.4 is 0 Å². The molecule has 0 fully saturated rings. The van der Waals surface area contributed by atoms with Crippen LogP contribution in [-0.4, -0.2) is 25.7 Å². The van der Waals surface area contributed by atoms with Crippen molar-refractivity contribution in [3.05, 3.63) is 66.2 Å². The monoisotopic (exact) mass is 275 g/mol. The fourth-order valence-corrected chi connectivity index (χ4v) is 2.76. The van der Waals surface area contributed by atoms with Gasteiger partial charge in [0.1, 0.15) is 0 Å². The van der Waals surface area contributed by atoms with E-state index in [1.54, 1.807) is 48.5 Å². The van der Waals surface area contributed by atoms with Crippen LogP contribution in [0.2, 0.25) is 0 Å². The smallest absolute Gasteiger partial charge is 0.267 e. The fraction of sp³-hybridized carbons (Fsp3) is 0.0714. The molecule has 0 aromatic heterocycles. The number of benzene rings is 2. The predicted octanol–water partition coefficient (Wildman–Crippen LogP) is 2.15. The highest BCUT2D eigenvalue weighted by atomic mass is 32.2. The van der Waals surface area contributed by atoms with Gasteiger partial charge >= 0.3 is 0 Å². The van der Waals surface area contributed by atoms with Gasteiger partial charge in [-0.25, -0.2) is 12.7 Å². The van der Waals surface area contributed by atoms with E-state index in [2.05, 4.69) is 0 Å². The van der Waals surface area contributed by atoms with Gasteiger partial charge in [-0.05, 0) is 24.3 Å². The van der Waals surface area contributed by atoms with Crippen LogP contribution in [0, 0.1) is 0 Å². The molecule has 2 aromatic rings. The van der Waals surface area contributed by atoms with Crippen LogP contribution in [0.1, 0.15) is 10.4 Å². The third kappa shape index (κ3) is 2.66. The lowest BCUT2D eigenvalue weighted by Crippen LogP contribution is -2.33. The molecule has 1 amide bonds. The summed E-state index contributed by atoms with van der Waals surface area (Å²) >= 11 is 0. The minimum atomic E-state index is -3.80. The number of hydrogen-bond donors (Lipinski definition) is 0. The molecule has 0 bridgehead atoms. The Hall–Kier alpha value is -2.14. The first-order valence-corrected chi connectivity index (χ1v) is 7.11. The number of carbonyl (C=O) groups is 1. The van der Waals surface area contributed by atoms with Crippen LogP contribution in [0.25, 0.3) is 0 Å². The summed E-state index contributed by atoms with van der Waals surface area (Å²) in [7, 11) is -2.54. The highest BCUT2D eigenvalue weighted by Crippen LogP contribution is 2.16. The Kier molecular flexibility index (Phi) is 3.66. The molecule has 0 heterocycles. The minimum Gasteiger partial charge on any atom is -0.268 e. The molecule has 0 atom stereocenters. The largest absolute Gasteiger partial charge is 0.268 e. The van der Waals surface area contributed by atoms with Gasteiger partial charge in [0.05, 0.1) is 4.90 Å². The Labute approximate surface area is 112 Å². The summed E-state index contributed by atoms with van der Waals surface area (Å²) in [5, 5.41) is 0. The quantitative estimate of drug-likeness (QED) is 0.862. The van der Waals surface area contributed by atoms with Crippen LogP contribution in [-0.2, 0) is 10.0 Å². The molecule has 0 unspecified atom stereocenters. The van der Waals surface area contributed by atoms with E-state index in [9.17, 15) is 13.2 Å². The molecular weight excluding hydrogens is 262 g/mol. The predicted molar refractivity (Wildman–Crippen MR) is 72.2 cm³/mol. The Morgan fingerprint density at radius 1 is 0.895 bits per heavy atom. The van der Waals surface area contributed by atoms with E-state index in [4.69, 9.17) is 0 Å². The van der Waals surface area contributed by atoms with Crippen LogP contribution in [0.4, 0.5) is 0 Å². The average Bonchev–Trinajstić information content (AvgIpc) is 2.47. The Bertz CT molecular complexity index is 666. The van der Waals surface area contributed by atoms with Crippen LogP contribution in [0.3, 0.4) is 0 Å². The maximum absolute atomic E-state index is 12.3. The molecule has 2 rings (SSSR count). The van der Waals surface area contributed by atoms with Gasteiger partial charge in [-0.1, -0.05) is 36.4 Å². The van der Waals surface area contributed by atoms with Crippen molar-refractivity contribution < 1.29 is 13.2 Å². The fourth-order valence-electron chi connectivity index (χ4n) is 1.62. The van der Waals surface area contributed by atoms with Crippen LogP contribution in [0.5, 0.6) is 0 Å². The van der Waals surface area contributed by atoms with E-state index in [1.165, 1.54) is 19.2 Å². The average molecular weight is 275 g/mol. The van der Waals surface area contributed by atoms with E-state index >= 15 is 0 Å². The van der Waals surface area contributed by atoms with Gasteiger partial charge in [-0.2, -0.15) is 0 Å². The van der Waals surface area contributed by atoms with Gasteiger partial charge in [0, 0.05) is 12.6 Å². The van der Waals surface area contributed by atoms with Crippen LogP contribution in [0.15, 0.2) is 65.6 Å². The summed E-state index contributed by atoms with van der Waals surface area (Å²) in [4.78, 5) is 12.2. The van der Waals surface area contributed by atoms with Crippen molar-refractivity contribution in [2.75, 3.05) is 7.05 Å². The van der Waals surface area contributed by atoms with Crippen molar-refractivity contribution in [2.45, 2.75) is 4.90 Å². The second-order valence-electron chi connectivity index (χ2n) is 3.96. The molecular formula is C14H13NO3S. The first-order valence-electron chi connectivity index (χ1n) is 5.67. The zero-order chi connectivity index (χ0) is 13.9. The second kappa shape index (κ2) is 5.24. The van der Waals surface area contributed by atoms with Gasteiger partial charge in [0.15, 0.2) is 0 Å². The first-order chi connectivity index (χ1) is 9.03. The lowest BCUT2D eigenvalue weighted by Gasteiger charge is -2.17. The summed E-state index contributed by atoms with van der Waals surface area (Å²) in [6, 6.07) is 16.2. The lowest BCUT2D eigenvalue weighted by atomic mass is 10.2. The topological polar surface area (TPSA) is 54.5 Å². The van der Waals surface area contributed by atoms with Gasteiger partial charge in [0.25, 0.3) is 15.9 Å². The van der Waals surface area contributed by atoms with Crippen molar-refractivity contribution in [1.29, 1.82) is 0 Å². The lowest BCUT2D eigenvalue weighted by molar-refractivity contribution is 0.0883. The van der Waals surface area contributed by atoms with E-state index < -0.39 is 15.9 Å². The highest BCUT2D eigenvalue weighted by molar-refractivity contribution is 7.89. The number of rotatable bonds is 3. The Morgan fingerprint density at radius 3 is 1.89 bits per heavy atom. The molecule has 0 radical (unpaired) electrons. The number of nitrogens with zero attached hydrogens (tertiary/aromatic N) is 1. The third-order valence-electron chi connectivity index (χ3n) is 2.71. The maximum atomic E-state index is 12.3. The molecule has 0 saturated carbocycles. The summed E-state index contributed by atoms with van der Waals surface area (Å²) in [6.45, 7) is 0. The van der Waals surface area contributed by atoms with Crippen molar-refractivity contribution in [2.24, 2.45) is 0 Å². The molecule has 19 heavy (non-hydrogen) atoms. The Balaban J connectivity index is 2.35. The van der Waals surface area contributed by atoms with Gasteiger partial charge in [-0.15, -0.1) is 0 Å². The summed E-state index contributed by atoms with van der Waals surface area (Å²) in [6.07, 6.45) is 0. The second-order valence-corrected chi connectivity index (χ2v) is 5.93. The molecule has 0 saturated heterocycles. The molecule has 4 nitrogen and oxygen atoms in total. The normalized spacial score (nSPS) is 11.0. The molecule has 98 valence electrons. The molecule has 0 N–H and O–H groups in total. The maximum Gasteiger partial charge on any atom is 0.267 e. The zero-order valence-electron chi connectivity index (χ0n) is 10.4. The third-order valence-corrected chi connectivity index (χ3v) is 4.46. The molecule has 2 aromatic carbocycles. The highest BCUT2D eigenvalue weighted by Gasteiger charge is 2.25. The van der Waals surface area contributed by atoms with E-state index in [0.717, 1.165) is 4.31 Å². The van der Waals surface area contributed by atoms with E-state index in [0.29, 0.717) is 5.56 Å². The van der Waals surface area contributed by atoms with Gasteiger partial charge in [0.2, 0.25) is 0 Å². The SMILES string of the molecule is CN(C(=O)c1ccccc1)S(=O)(=O)c1ccccc1. The summed E-state index contributed by atoms with van der Waals surface area (Å²) in [5.41, 5.74) is 0.338. The van der Waals surface area contributed by atoms with Crippen molar-refractivity contribution >= 4 is 15.9 Å². The summed E-state index contributed by atoms with van der Waals surface area (Å²) < 4.78 is 25.3. The summed E-state index contributed by atoms with van der Waals surface area (Å²) in [5.74, 6) is -0.551. The van der Waals surface area contributed by atoms with Crippen molar-refractivity contribution in [3.8, 4) is 0 Å². The zero-order valence-corrected chi connectivity index (χ0v) is 11.2. The molecule has 5 heteroatoms. The number of sulfonamides is 1. The molecule has 0 spiro atoms. The van der Waals surface area contributed by atoms with Crippen molar-refractivity contribution in [3.63, 3.8) is 0 Å². The number of carbonyl (C=O) groups excluding carboxylic acids is 1. The standard InChI is InChI=1S/C14H13NO3S/c1-15(14(16)12-8-4-2-5-9-12)19(17,18)13-10-6-3-7-11-13/h2-11H,1H3. The van der Waals surface area contributed by atoms with Crippen LogP contribution >= 0.6 is 0 Å². The molecule has 0 aliphatic carbocycles. The van der Waals surface area contributed by atoms with E-state index in [-0.39, 0.29) is 4.90 Å². The van der Waals surface area contributed by atoms with Crippen molar-refractivity contribution in [1.82, 2.24) is 4.31 Å². The van der Waals surface area contributed by atoms with Gasteiger partial charge in [-0.3, -0.25) is 4.79 Å². The first kappa shape index (κ1) is 13.3. The van der Waals surface area contributed by atoms with E-state index in [1.807, 2.05) is 0 Å². The Morgan fingerprint density at radius 2 is 1.37 bits per heavy atom. The minimum absolute atomic E-state index is 0.0989. The number of amides is 1. The molecule has 0 aliphatic rings. The number of hydrogen-bond acceptors (Lipinski definition) is 3.